The number of nitro benzene ring substituents is 1. The Labute approximate surface area is 135 Å². The lowest BCUT2D eigenvalue weighted by molar-refractivity contribution is -0.384. The van der Waals surface area contributed by atoms with Gasteiger partial charge >= 0.3 is 0 Å². The number of carbonyl (C=O) groups is 1. The van der Waals surface area contributed by atoms with Gasteiger partial charge < -0.3 is 5.32 Å². The Morgan fingerprint density at radius 2 is 2.17 bits per heavy atom. The molecule has 0 aliphatic carbocycles. The Hall–Kier alpha value is -2.21. The van der Waals surface area contributed by atoms with Gasteiger partial charge in [-0.2, -0.15) is 0 Å². The summed E-state index contributed by atoms with van der Waals surface area (Å²) < 4.78 is 0. The van der Waals surface area contributed by atoms with Crippen LogP contribution in [0, 0.1) is 10.1 Å². The van der Waals surface area contributed by atoms with E-state index in [1.807, 2.05) is 0 Å². The minimum Gasteiger partial charge on any atom is -0.348 e. The highest BCUT2D eigenvalue weighted by Crippen LogP contribution is 2.27. The molecule has 0 spiro atoms. The van der Waals surface area contributed by atoms with Crippen LogP contribution < -0.4 is 5.32 Å². The van der Waals surface area contributed by atoms with Crippen molar-refractivity contribution >= 4 is 17.7 Å². The highest BCUT2D eigenvalue weighted by atomic mass is 16.6. The normalized spacial score (nSPS) is 24.5. The van der Waals surface area contributed by atoms with Gasteiger partial charge in [0.2, 0.25) is 5.91 Å². The zero-order valence-corrected chi connectivity index (χ0v) is 13.0. The quantitative estimate of drug-likeness (QED) is 0.526. The molecule has 1 N–H and O–H groups in total. The SMILES string of the molecule is O=C(/C=C/c1cccc([N+](=O)[O-])c1)N[C@@H]1CCN2CCCC[C@@H]12. The number of nitro groups is 1. The van der Waals surface area contributed by atoms with Gasteiger partial charge in [0, 0.05) is 36.8 Å². The van der Waals surface area contributed by atoms with E-state index in [1.165, 1.54) is 31.1 Å². The molecule has 0 saturated carbocycles. The molecule has 6 heteroatoms. The number of hydrogen-bond acceptors (Lipinski definition) is 4. The van der Waals surface area contributed by atoms with Crippen molar-refractivity contribution in [1.29, 1.82) is 0 Å². The van der Waals surface area contributed by atoms with Gasteiger partial charge in [-0.05, 0) is 37.4 Å². The molecule has 2 saturated heterocycles. The number of rotatable bonds is 4. The molecule has 2 heterocycles. The molecule has 2 fully saturated rings. The lowest BCUT2D eigenvalue weighted by Gasteiger charge is -2.32. The molecule has 1 amide bonds. The van der Waals surface area contributed by atoms with Crippen LogP contribution in [-0.2, 0) is 4.79 Å². The summed E-state index contributed by atoms with van der Waals surface area (Å²) in [7, 11) is 0. The van der Waals surface area contributed by atoms with Gasteiger partial charge in [0.15, 0.2) is 0 Å². The van der Waals surface area contributed by atoms with Gasteiger partial charge in [0.05, 0.1) is 4.92 Å². The largest absolute Gasteiger partial charge is 0.348 e. The Morgan fingerprint density at radius 1 is 1.30 bits per heavy atom. The molecule has 6 nitrogen and oxygen atoms in total. The minimum absolute atomic E-state index is 0.0289. The number of piperidine rings is 1. The van der Waals surface area contributed by atoms with E-state index in [9.17, 15) is 14.9 Å². The summed E-state index contributed by atoms with van der Waals surface area (Å²) in [4.78, 5) is 24.9. The topological polar surface area (TPSA) is 75.5 Å². The van der Waals surface area contributed by atoms with E-state index in [-0.39, 0.29) is 17.6 Å². The Bertz CT molecular complexity index is 629. The van der Waals surface area contributed by atoms with Crippen LogP contribution in [0.5, 0.6) is 0 Å². The number of nitrogens with zero attached hydrogens (tertiary/aromatic N) is 2. The van der Waals surface area contributed by atoms with E-state index >= 15 is 0 Å². The highest BCUT2D eigenvalue weighted by Gasteiger charge is 2.35. The van der Waals surface area contributed by atoms with Crippen molar-refractivity contribution < 1.29 is 9.72 Å². The molecule has 23 heavy (non-hydrogen) atoms. The van der Waals surface area contributed by atoms with Gasteiger partial charge in [0.25, 0.3) is 5.69 Å². The maximum Gasteiger partial charge on any atom is 0.270 e. The summed E-state index contributed by atoms with van der Waals surface area (Å²) in [5.74, 6) is -0.131. The number of benzene rings is 1. The molecule has 3 rings (SSSR count). The summed E-state index contributed by atoms with van der Waals surface area (Å²) in [5.41, 5.74) is 0.682. The first kappa shape index (κ1) is 15.7. The minimum atomic E-state index is -0.437. The molecule has 0 bridgehead atoms. The number of hydrogen-bond donors (Lipinski definition) is 1. The number of non-ortho nitro benzene ring substituents is 1. The molecule has 1 aromatic rings. The van der Waals surface area contributed by atoms with Crippen LogP contribution in [0.15, 0.2) is 30.3 Å². The standard InChI is InChI=1S/C17H21N3O3/c21-17(8-7-13-4-3-5-14(12-13)20(22)23)18-15-9-11-19-10-2-1-6-16(15)19/h3-5,7-8,12,15-16H,1-2,6,9-11H2,(H,18,21)/b8-7+/t15-,16+/m1/s1. The second kappa shape index (κ2) is 6.91. The number of fused-ring (bicyclic) bond motifs is 1. The molecule has 2 aliphatic heterocycles. The van der Waals surface area contributed by atoms with Crippen molar-refractivity contribution in [2.45, 2.75) is 37.8 Å². The van der Waals surface area contributed by atoms with Crippen LogP contribution in [0.3, 0.4) is 0 Å². The second-order valence-corrected chi connectivity index (χ2v) is 6.19. The van der Waals surface area contributed by atoms with E-state index in [4.69, 9.17) is 0 Å². The first-order valence-corrected chi connectivity index (χ1v) is 8.10. The average molecular weight is 315 g/mol. The van der Waals surface area contributed by atoms with Crippen LogP contribution in [0.1, 0.15) is 31.2 Å². The maximum absolute atomic E-state index is 12.1. The number of amides is 1. The molecule has 0 unspecified atom stereocenters. The summed E-state index contributed by atoms with van der Waals surface area (Å²) in [6, 6.07) is 6.95. The number of nitrogens with one attached hydrogen (secondary N) is 1. The van der Waals surface area contributed by atoms with E-state index in [1.54, 1.807) is 18.2 Å². The smallest absolute Gasteiger partial charge is 0.270 e. The van der Waals surface area contributed by atoms with E-state index < -0.39 is 4.92 Å². The summed E-state index contributed by atoms with van der Waals surface area (Å²) in [5, 5.41) is 13.8. The molecule has 2 aliphatic rings. The Kier molecular flexibility index (Phi) is 4.71. The van der Waals surface area contributed by atoms with Crippen molar-refractivity contribution in [1.82, 2.24) is 10.2 Å². The van der Waals surface area contributed by atoms with E-state index in [0.717, 1.165) is 25.9 Å². The zero-order valence-electron chi connectivity index (χ0n) is 13.0. The van der Waals surface area contributed by atoms with Gasteiger partial charge in [0.1, 0.15) is 0 Å². The monoisotopic (exact) mass is 315 g/mol. The zero-order chi connectivity index (χ0) is 16.2. The lowest BCUT2D eigenvalue weighted by atomic mass is 9.99. The number of carbonyl (C=O) groups excluding carboxylic acids is 1. The molecule has 0 aromatic heterocycles. The second-order valence-electron chi connectivity index (χ2n) is 6.19. The van der Waals surface area contributed by atoms with Crippen molar-refractivity contribution in [2.24, 2.45) is 0 Å². The summed E-state index contributed by atoms with van der Waals surface area (Å²) in [6.07, 6.45) is 7.72. The van der Waals surface area contributed by atoms with Crippen molar-refractivity contribution in [2.75, 3.05) is 13.1 Å². The third-order valence-corrected chi connectivity index (χ3v) is 4.69. The van der Waals surface area contributed by atoms with E-state index in [0.29, 0.717) is 11.6 Å². The van der Waals surface area contributed by atoms with E-state index in [2.05, 4.69) is 10.2 Å². The molecule has 122 valence electrons. The fourth-order valence-corrected chi connectivity index (χ4v) is 3.56. The van der Waals surface area contributed by atoms with Crippen molar-refractivity contribution in [3.8, 4) is 0 Å². The molecule has 0 radical (unpaired) electrons. The van der Waals surface area contributed by atoms with Crippen LogP contribution >= 0.6 is 0 Å². The van der Waals surface area contributed by atoms with Crippen molar-refractivity contribution in [3.63, 3.8) is 0 Å². The van der Waals surface area contributed by atoms with Gasteiger partial charge in [-0.3, -0.25) is 19.8 Å². The third kappa shape index (κ3) is 3.76. The Morgan fingerprint density at radius 3 is 3.00 bits per heavy atom. The van der Waals surface area contributed by atoms with Crippen molar-refractivity contribution in [3.05, 3.63) is 46.0 Å². The molecule has 1 aromatic carbocycles. The van der Waals surface area contributed by atoms with Gasteiger partial charge in [-0.15, -0.1) is 0 Å². The van der Waals surface area contributed by atoms with Crippen LogP contribution in [-0.4, -0.2) is 40.9 Å². The summed E-state index contributed by atoms with van der Waals surface area (Å²) in [6.45, 7) is 2.20. The highest BCUT2D eigenvalue weighted by molar-refractivity contribution is 5.92. The molecular formula is C17H21N3O3. The summed E-state index contributed by atoms with van der Waals surface area (Å²) >= 11 is 0. The lowest BCUT2D eigenvalue weighted by Crippen LogP contribution is -2.46. The third-order valence-electron chi connectivity index (χ3n) is 4.69. The van der Waals surface area contributed by atoms with Crippen LogP contribution in [0.4, 0.5) is 5.69 Å². The fraction of sp³-hybridized carbons (Fsp3) is 0.471. The molecule has 2 atom stereocenters. The van der Waals surface area contributed by atoms with Crippen LogP contribution in [0.25, 0.3) is 6.08 Å². The van der Waals surface area contributed by atoms with Crippen LogP contribution in [0.2, 0.25) is 0 Å². The maximum atomic E-state index is 12.1. The predicted octanol–water partition coefficient (Wildman–Crippen LogP) is 2.35. The van der Waals surface area contributed by atoms with Gasteiger partial charge in [-0.25, -0.2) is 0 Å². The molecular weight excluding hydrogens is 294 g/mol. The fourth-order valence-electron chi connectivity index (χ4n) is 3.56. The first-order chi connectivity index (χ1) is 11.1. The first-order valence-electron chi connectivity index (χ1n) is 8.10. The predicted molar refractivity (Wildman–Crippen MR) is 87.9 cm³/mol. The van der Waals surface area contributed by atoms with Gasteiger partial charge in [-0.1, -0.05) is 18.6 Å². The average Bonchev–Trinajstić information content (AvgIpc) is 2.96. The Balaban J connectivity index is 1.59.